The van der Waals surface area contributed by atoms with E-state index in [0.29, 0.717) is 19.4 Å². The van der Waals surface area contributed by atoms with Crippen LogP contribution in [0.4, 0.5) is 9.59 Å². The molecular weight excluding hydrogens is 352 g/mol. The van der Waals surface area contributed by atoms with Crippen LogP contribution in [0.3, 0.4) is 0 Å². The summed E-state index contributed by atoms with van der Waals surface area (Å²) in [7, 11) is 0. The highest BCUT2D eigenvalue weighted by atomic mass is 16.6. The normalized spacial score (nSPS) is 17.0. The van der Waals surface area contributed by atoms with Gasteiger partial charge in [0.25, 0.3) is 5.91 Å². The number of carbonyl (C=O) groups excluding carboxylic acids is 3. The zero-order valence-electron chi connectivity index (χ0n) is 15.8. The first-order chi connectivity index (χ1) is 12.7. The van der Waals surface area contributed by atoms with Crippen molar-refractivity contribution in [2.75, 3.05) is 6.54 Å². The van der Waals surface area contributed by atoms with E-state index in [1.165, 1.54) is 5.01 Å². The number of ether oxygens (including phenoxy) is 2. The van der Waals surface area contributed by atoms with Crippen molar-refractivity contribution in [3.05, 3.63) is 35.9 Å². The van der Waals surface area contributed by atoms with Crippen LogP contribution in [0.25, 0.3) is 0 Å². The molecule has 1 aliphatic rings. The van der Waals surface area contributed by atoms with Crippen LogP contribution in [0.5, 0.6) is 0 Å². The van der Waals surface area contributed by atoms with E-state index in [-0.39, 0.29) is 6.61 Å². The Labute approximate surface area is 158 Å². The molecule has 1 aromatic carbocycles. The first-order valence-corrected chi connectivity index (χ1v) is 8.78. The third-order valence-corrected chi connectivity index (χ3v) is 3.61. The average molecular weight is 378 g/mol. The minimum Gasteiger partial charge on any atom is -0.444 e. The van der Waals surface area contributed by atoms with E-state index in [9.17, 15) is 14.4 Å². The van der Waals surface area contributed by atoms with E-state index in [1.54, 1.807) is 20.8 Å². The smallest absolute Gasteiger partial charge is 0.426 e. The molecule has 1 atom stereocenters. The van der Waals surface area contributed by atoms with Crippen molar-refractivity contribution >= 4 is 18.1 Å². The lowest BCUT2D eigenvalue weighted by atomic mass is 10.1. The molecule has 0 spiro atoms. The molecule has 1 aliphatic heterocycles. The van der Waals surface area contributed by atoms with Gasteiger partial charge >= 0.3 is 12.2 Å². The maximum Gasteiger partial charge on any atom is 0.426 e. The predicted molar refractivity (Wildman–Crippen MR) is 97.0 cm³/mol. The standard InChI is InChI=1S/C18H26N4O5/c1-18(2,3)27-16(24)20-19-15(23)14-10-7-11-22(21-14)17(25)26-12-13-8-5-4-6-9-13/h4-6,8-9,14,21H,7,10-12H2,1-3H3,(H,19,23)(H,20,24)/t14-/m1/s1. The summed E-state index contributed by atoms with van der Waals surface area (Å²) in [4.78, 5) is 36.0. The average Bonchev–Trinajstić information content (AvgIpc) is 2.63. The second kappa shape index (κ2) is 9.22. The minimum absolute atomic E-state index is 0.148. The van der Waals surface area contributed by atoms with Gasteiger partial charge in [-0.15, -0.1) is 0 Å². The summed E-state index contributed by atoms with van der Waals surface area (Å²) in [6.07, 6.45) is -0.176. The highest BCUT2D eigenvalue weighted by molar-refractivity contribution is 5.84. The van der Waals surface area contributed by atoms with Crippen molar-refractivity contribution in [1.82, 2.24) is 21.3 Å². The fourth-order valence-electron chi connectivity index (χ4n) is 2.41. The first-order valence-electron chi connectivity index (χ1n) is 8.78. The van der Waals surface area contributed by atoms with Gasteiger partial charge in [-0.2, -0.15) is 0 Å². The number of nitrogens with zero attached hydrogens (tertiary/aromatic N) is 1. The van der Waals surface area contributed by atoms with Gasteiger partial charge in [0.1, 0.15) is 18.2 Å². The Kier molecular flexibility index (Phi) is 7.00. The summed E-state index contributed by atoms with van der Waals surface area (Å²) in [5, 5.41) is 1.27. The number of amides is 3. The van der Waals surface area contributed by atoms with E-state index in [2.05, 4.69) is 16.3 Å². The second-order valence-corrected chi connectivity index (χ2v) is 7.13. The minimum atomic E-state index is -0.759. The van der Waals surface area contributed by atoms with Crippen LogP contribution in [0.1, 0.15) is 39.2 Å². The van der Waals surface area contributed by atoms with E-state index < -0.39 is 29.7 Å². The molecule has 0 saturated carbocycles. The van der Waals surface area contributed by atoms with Crippen LogP contribution in [0, 0.1) is 0 Å². The number of carbonyl (C=O) groups is 3. The molecule has 1 aromatic rings. The molecule has 9 nitrogen and oxygen atoms in total. The Morgan fingerprint density at radius 2 is 1.89 bits per heavy atom. The van der Waals surface area contributed by atoms with Gasteiger partial charge in [-0.05, 0) is 39.2 Å². The van der Waals surface area contributed by atoms with Crippen LogP contribution in [-0.4, -0.2) is 41.3 Å². The Bertz CT molecular complexity index is 659. The quantitative estimate of drug-likeness (QED) is 0.693. The lowest BCUT2D eigenvalue weighted by Gasteiger charge is -2.32. The molecule has 0 unspecified atom stereocenters. The first kappa shape index (κ1) is 20.5. The van der Waals surface area contributed by atoms with Crippen LogP contribution in [-0.2, 0) is 20.9 Å². The van der Waals surface area contributed by atoms with Crippen molar-refractivity contribution in [2.24, 2.45) is 0 Å². The van der Waals surface area contributed by atoms with E-state index in [0.717, 1.165) is 5.56 Å². The molecule has 0 bridgehead atoms. The van der Waals surface area contributed by atoms with Crippen LogP contribution < -0.4 is 16.3 Å². The summed E-state index contributed by atoms with van der Waals surface area (Å²) in [6, 6.07) is 8.65. The SMILES string of the molecule is CC(C)(C)OC(=O)NNC(=O)[C@H]1CCCN(C(=O)OCc2ccccc2)N1. The number of nitrogens with one attached hydrogen (secondary N) is 3. The molecule has 0 aromatic heterocycles. The van der Waals surface area contributed by atoms with Gasteiger partial charge in [-0.3, -0.25) is 10.2 Å². The van der Waals surface area contributed by atoms with E-state index >= 15 is 0 Å². The molecule has 148 valence electrons. The number of hydrazine groups is 2. The number of hydrogen-bond donors (Lipinski definition) is 3. The van der Waals surface area contributed by atoms with Gasteiger partial charge in [-0.25, -0.2) is 25.4 Å². The van der Waals surface area contributed by atoms with Crippen molar-refractivity contribution in [3.8, 4) is 0 Å². The lowest BCUT2D eigenvalue weighted by Crippen LogP contribution is -2.59. The zero-order chi connectivity index (χ0) is 19.9. The zero-order valence-corrected chi connectivity index (χ0v) is 15.8. The topological polar surface area (TPSA) is 109 Å². The summed E-state index contributed by atoms with van der Waals surface area (Å²) in [6.45, 7) is 5.73. The Balaban J connectivity index is 1.77. The summed E-state index contributed by atoms with van der Waals surface area (Å²) >= 11 is 0. The molecule has 9 heteroatoms. The molecular formula is C18H26N4O5. The Morgan fingerprint density at radius 1 is 1.19 bits per heavy atom. The van der Waals surface area contributed by atoms with Gasteiger partial charge in [0.2, 0.25) is 0 Å². The van der Waals surface area contributed by atoms with Gasteiger partial charge in [0, 0.05) is 6.54 Å². The number of hydrogen-bond acceptors (Lipinski definition) is 6. The Hall–Kier alpha value is -2.81. The Morgan fingerprint density at radius 3 is 2.56 bits per heavy atom. The van der Waals surface area contributed by atoms with E-state index in [4.69, 9.17) is 9.47 Å². The van der Waals surface area contributed by atoms with Gasteiger partial charge < -0.3 is 9.47 Å². The molecule has 1 saturated heterocycles. The second-order valence-electron chi connectivity index (χ2n) is 7.13. The van der Waals surface area contributed by atoms with Crippen LogP contribution >= 0.6 is 0 Å². The maximum atomic E-state index is 12.2. The van der Waals surface area contributed by atoms with Gasteiger partial charge in [0.05, 0.1) is 0 Å². The molecule has 1 fully saturated rings. The largest absolute Gasteiger partial charge is 0.444 e. The van der Waals surface area contributed by atoms with Crippen LogP contribution in [0.2, 0.25) is 0 Å². The van der Waals surface area contributed by atoms with Crippen molar-refractivity contribution in [1.29, 1.82) is 0 Å². The molecule has 3 N–H and O–H groups in total. The maximum absolute atomic E-state index is 12.2. The van der Waals surface area contributed by atoms with Crippen molar-refractivity contribution in [2.45, 2.75) is 51.9 Å². The summed E-state index contributed by atoms with van der Waals surface area (Å²) < 4.78 is 10.3. The van der Waals surface area contributed by atoms with Gasteiger partial charge in [0.15, 0.2) is 0 Å². The van der Waals surface area contributed by atoms with Crippen molar-refractivity contribution < 1.29 is 23.9 Å². The predicted octanol–water partition coefficient (Wildman–Crippen LogP) is 1.85. The molecule has 0 radical (unpaired) electrons. The molecule has 27 heavy (non-hydrogen) atoms. The monoisotopic (exact) mass is 378 g/mol. The summed E-state index contributed by atoms with van der Waals surface area (Å²) in [5.74, 6) is -0.471. The highest BCUT2D eigenvalue weighted by Crippen LogP contribution is 2.10. The molecule has 1 heterocycles. The third-order valence-electron chi connectivity index (χ3n) is 3.61. The fraction of sp³-hybridized carbons (Fsp3) is 0.500. The number of rotatable bonds is 3. The summed E-state index contributed by atoms with van der Waals surface area (Å²) in [5.41, 5.74) is 7.50. The van der Waals surface area contributed by atoms with Crippen molar-refractivity contribution in [3.63, 3.8) is 0 Å². The lowest BCUT2D eigenvalue weighted by molar-refractivity contribution is -0.126. The third kappa shape index (κ3) is 7.14. The molecule has 2 rings (SSSR count). The number of benzene rings is 1. The van der Waals surface area contributed by atoms with E-state index in [1.807, 2.05) is 30.3 Å². The highest BCUT2D eigenvalue weighted by Gasteiger charge is 2.29. The van der Waals surface area contributed by atoms with Gasteiger partial charge in [-0.1, -0.05) is 30.3 Å². The van der Waals surface area contributed by atoms with Crippen LogP contribution in [0.15, 0.2) is 30.3 Å². The molecule has 0 aliphatic carbocycles. The fourth-order valence-corrected chi connectivity index (χ4v) is 2.41. The molecule has 3 amide bonds.